The van der Waals surface area contributed by atoms with Crippen molar-refractivity contribution in [3.05, 3.63) is 76.4 Å². The van der Waals surface area contributed by atoms with E-state index in [1.54, 1.807) is 35.0 Å². The summed E-state index contributed by atoms with van der Waals surface area (Å²) in [4.78, 5) is 32.1. The lowest BCUT2D eigenvalue weighted by Crippen LogP contribution is -2.41. The van der Waals surface area contributed by atoms with Crippen molar-refractivity contribution in [2.45, 2.75) is 12.8 Å². The fourth-order valence-corrected chi connectivity index (χ4v) is 5.38. The molecule has 4 heterocycles. The molecule has 1 fully saturated rings. The van der Waals surface area contributed by atoms with E-state index >= 15 is 0 Å². The van der Waals surface area contributed by atoms with Gasteiger partial charge in [0.2, 0.25) is 0 Å². The SMILES string of the molecule is NC(=O)c1sc(-c2cnc3cc(C(=O)NCCN4CCOCC4)ccn23)cc1OCc1ccccc1C(F)(F)F. The maximum atomic E-state index is 13.4. The predicted molar refractivity (Wildman–Crippen MR) is 142 cm³/mol. The zero-order valence-corrected chi connectivity index (χ0v) is 22.1. The summed E-state index contributed by atoms with van der Waals surface area (Å²) in [5, 5.41) is 2.92. The first-order chi connectivity index (χ1) is 19.2. The van der Waals surface area contributed by atoms with Crippen LogP contribution < -0.4 is 15.8 Å². The van der Waals surface area contributed by atoms with Gasteiger partial charge in [0.25, 0.3) is 11.8 Å². The van der Waals surface area contributed by atoms with Gasteiger partial charge in [0.15, 0.2) is 0 Å². The Morgan fingerprint density at radius 1 is 1.15 bits per heavy atom. The molecule has 0 bridgehead atoms. The number of nitrogens with two attached hydrogens (primary N) is 1. The number of nitrogens with one attached hydrogen (secondary N) is 1. The largest absolute Gasteiger partial charge is 0.487 e. The van der Waals surface area contributed by atoms with Gasteiger partial charge >= 0.3 is 6.18 Å². The van der Waals surface area contributed by atoms with Crippen molar-refractivity contribution in [2.75, 3.05) is 39.4 Å². The molecule has 1 aromatic carbocycles. The molecule has 9 nitrogen and oxygen atoms in total. The van der Waals surface area contributed by atoms with E-state index in [0.717, 1.165) is 37.0 Å². The standard InChI is InChI=1S/C27H26F3N5O4S/c28-27(29,30)19-4-2-1-3-18(19)16-39-21-14-22(40-24(21)25(31)36)20-15-33-23-13-17(5-7-35(20)23)26(37)32-6-8-34-9-11-38-12-10-34/h1-5,7,13-15H,6,8-12,16H2,(H2,31,36)(H,32,37). The molecule has 2 amide bonds. The molecule has 0 spiro atoms. The topological polar surface area (TPSA) is 111 Å². The minimum absolute atomic E-state index is 0.0660. The number of hydrogen-bond donors (Lipinski definition) is 2. The average Bonchev–Trinajstić information content (AvgIpc) is 3.56. The Hall–Kier alpha value is -3.94. The average molecular weight is 574 g/mol. The number of hydrogen-bond acceptors (Lipinski definition) is 7. The number of aromatic nitrogens is 2. The number of pyridine rings is 1. The number of imidazole rings is 1. The molecule has 1 aliphatic heterocycles. The van der Waals surface area contributed by atoms with Crippen molar-refractivity contribution in [1.82, 2.24) is 19.6 Å². The number of benzene rings is 1. The van der Waals surface area contributed by atoms with Crippen LogP contribution in [-0.2, 0) is 17.5 Å². The Kier molecular flexibility index (Phi) is 8.05. The normalized spacial score (nSPS) is 14.4. The fourth-order valence-electron chi connectivity index (χ4n) is 4.42. The fraction of sp³-hybridized carbons (Fsp3) is 0.296. The highest BCUT2D eigenvalue weighted by Gasteiger charge is 2.33. The predicted octanol–water partition coefficient (Wildman–Crippen LogP) is 3.82. The maximum Gasteiger partial charge on any atom is 0.416 e. The lowest BCUT2D eigenvalue weighted by molar-refractivity contribution is -0.138. The van der Waals surface area contributed by atoms with Crippen LogP contribution in [0.4, 0.5) is 13.2 Å². The molecule has 0 atom stereocenters. The number of amides is 2. The molecule has 0 aliphatic carbocycles. The van der Waals surface area contributed by atoms with Crippen LogP contribution >= 0.6 is 11.3 Å². The summed E-state index contributed by atoms with van der Waals surface area (Å²) in [6.45, 7) is 3.90. The van der Waals surface area contributed by atoms with E-state index in [0.29, 0.717) is 41.5 Å². The van der Waals surface area contributed by atoms with Gasteiger partial charge in [-0.3, -0.25) is 18.9 Å². The number of alkyl halides is 3. The molecule has 1 aliphatic rings. The number of halogens is 3. The summed E-state index contributed by atoms with van der Waals surface area (Å²) in [6.07, 6.45) is -1.27. The van der Waals surface area contributed by atoms with Gasteiger partial charge in [-0.15, -0.1) is 11.3 Å². The van der Waals surface area contributed by atoms with Gasteiger partial charge in [-0.1, -0.05) is 18.2 Å². The van der Waals surface area contributed by atoms with Crippen LogP contribution in [0.1, 0.15) is 31.2 Å². The van der Waals surface area contributed by atoms with E-state index in [2.05, 4.69) is 15.2 Å². The van der Waals surface area contributed by atoms with Crippen LogP contribution in [0.3, 0.4) is 0 Å². The molecule has 0 unspecified atom stereocenters. The zero-order valence-electron chi connectivity index (χ0n) is 21.2. The number of primary amides is 1. The lowest BCUT2D eigenvalue weighted by Gasteiger charge is -2.26. The quantitative estimate of drug-likeness (QED) is 0.315. The smallest absolute Gasteiger partial charge is 0.416 e. The Labute approximate surface area is 231 Å². The number of carbonyl (C=O) groups excluding carboxylic acids is 2. The number of fused-ring (bicyclic) bond motifs is 1. The highest BCUT2D eigenvalue weighted by atomic mass is 32.1. The maximum absolute atomic E-state index is 13.4. The van der Waals surface area contributed by atoms with E-state index in [9.17, 15) is 22.8 Å². The summed E-state index contributed by atoms with van der Waals surface area (Å²) in [6, 6.07) is 9.95. The van der Waals surface area contributed by atoms with Gasteiger partial charge in [0.1, 0.15) is 22.9 Å². The number of carbonyl (C=O) groups is 2. The summed E-state index contributed by atoms with van der Waals surface area (Å²) in [7, 11) is 0. The van der Waals surface area contributed by atoms with E-state index in [4.69, 9.17) is 15.2 Å². The second-order valence-corrected chi connectivity index (χ2v) is 10.2. The van der Waals surface area contributed by atoms with Crippen molar-refractivity contribution >= 4 is 28.8 Å². The molecule has 210 valence electrons. The van der Waals surface area contributed by atoms with E-state index in [-0.39, 0.29) is 22.1 Å². The third kappa shape index (κ3) is 6.11. The van der Waals surface area contributed by atoms with Crippen LogP contribution in [0.15, 0.2) is 54.9 Å². The van der Waals surface area contributed by atoms with Gasteiger partial charge in [-0.2, -0.15) is 13.2 Å². The van der Waals surface area contributed by atoms with Crippen molar-refractivity contribution in [3.8, 4) is 16.3 Å². The monoisotopic (exact) mass is 573 g/mol. The third-order valence-corrected chi connectivity index (χ3v) is 7.63. The first-order valence-corrected chi connectivity index (χ1v) is 13.3. The van der Waals surface area contributed by atoms with Crippen LogP contribution in [0.5, 0.6) is 5.75 Å². The molecule has 3 N–H and O–H groups in total. The van der Waals surface area contributed by atoms with Gasteiger partial charge < -0.3 is 20.5 Å². The molecule has 0 radical (unpaired) electrons. The summed E-state index contributed by atoms with van der Waals surface area (Å²) in [5.74, 6) is -0.904. The van der Waals surface area contributed by atoms with Crippen LogP contribution in [0.25, 0.3) is 16.2 Å². The number of nitrogens with zero attached hydrogens (tertiary/aromatic N) is 3. The van der Waals surface area contributed by atoms with Gasteiger partial charge in [0.05, 0.1) is 35.5 Å². The van der Waals surface area contributed by atoms with Crippen LogP contribution in [0.2, 0.25) is 0 Å². The molecule has 5 rings (SSSR count). The summed E-state index contributed by atoms with van der Waals surface area (Å²) < 4.78 is 52.8. The number of thiophene rings is 1. The van der Waals surface area contributed by atoms with Gasteiger partial charge in [-0.05, 0) is 18.2 Å². The second-order valence-electron chi connectivity index (χ2n) is 9.11. The first-order valence-electron chi connectivity index (χ1n) is 12.5. The Balaban J connectivity index is 1.32. The summed E-state index contributed by atoms with van der Waals surface area (Å²) >= 11 is 1.04. The molecule has 40 heavy (non-hydrogen) atoms. The van der Waals surface area contributed by atoms with E-state index in [1.165, 1.54) is 18.2 Å². The molecular weight excluding hydrogens is 547 g/mol. The van der Waals surface area contributed by atoms with Crippen molar-refractivity contribution in [3.63, 3.8) is 0 Å². The molecule has 4 aromatic rings. The van der Waals surface area contributed by atoms with Crippen LogP contribution in [0, 0.1) is 0 Å². The second kappa shape index (κ2) is 11.7. The highest BCUT2D eigenvalue weighted by Crippen LogP contribution is 2.38. The van der Waals surface area contributed by atoms with Crippen molar-refractivity contribution in [1.29, 1.82) is 0 Å². The molecule has 3 aromatic heterocycles. The van der Waals surface area contributed by atoms with Crippen molar-refractivity contribution < 1.29 is 32.2 Å². The molecule has 0 saturated carbocycles. The number of ether oxygens (including phenoxy) is 2. The number of rotatable bonds is 9. The molecule has 13 heteroatoms. The van der Waals surface area contributed by atoms with E-state index in [1.807, 2.05) is 0 Å². The Morgan fingerprint density at radius 3 is 2.67 bits per heavy atom. The molecule has 1 saturated heterocycles. The minimum Gasteiger partial charge on any atom is -0.487 e. The zero-order chi connectivity index (χ0) is 28.3. The lowest BCUT2D eigenvalue weighted by atomic mass is 10.1. The van der Waals surface area contributed by atoms with Gasteiger partial charge in [0, 0.05) is 49.6 Å². The highest BCUT2D eigenvalue weighted by molar-refractivity contribution is 7.17. The van der Waals surface area contributed by atoms with Gasteiger partial charge in [-0.25, -0.2) is 4.98 Å². The van der Waals surface area contributed by atoms with E-state index < -0.39 is 24.3 Å². The third-order valence-electron chi connectivity index (χ3n) is 6.47. The molecular formula is C27H26F3N5O4S. The minimum atomic E-state index is -4.54. The number of morpholine rings is 1. The first kappa shape index (κ1) is 27.6. The van der Waals surface area contributed by atoms with Crippen molar-refractivity contribution in [2.24, 2.45) is 5.73 Å². The van der Waals surface area contributed by atoms with Crippen LogP contribution in [-0.4, -0.2) is 65.5 Å². The Bertz CT molecular complexity index is 1530. The Morgan fingerprint density at radius 2 is 1.93 bits per heavy atom. The summed E-state index contributed by atoms with van der Waals surface area (Å²) in [5.41, 5.74) is 6.22.